The molecule has 8 nitrogen and oxygen atoms in total. The number of nitrogens with zero attached hydrogens (tertiary/aromatic N) is 1. The van der Waals surface area contributed by atoms with Gasteiger partial charge in [-0.15, -0.1) is 0 Å². The number of unbranched alkanes of at least 4 members (excludes halogenated alkanes) is 23. The molecule has 0 aromatic carbocycles. The molecule has 0 amide bonds. The van der Waals surface area contributed by atoms with Crippen LogP contribution in [0.5, 0.6) is 0 Å². The highest BCUT2D eigenvalue weighted by Gasteiger charge is 2.20. The van der Waals surface area contributed by atoms with Crippen LogP contribution < -0.4 is 4.89 Å². The Balaban J connectivity index is 4.20. The Hall–Kier alpha value is -1.28. The van der Waals surface area contributed by atoms with E-state index in [2.05, 4.69) is 50.3 Å². The van der Waals surface area contributed by atoms with Crippen molar-refractivity contribution in [1.82, 2.24) is 0 Å². The Morgan fingerprint density at radius 3 is 1.50 bits per heavy atom. The highest BCUT2D eigenvalue weighted by atomic mass is 31.2. The van der Waals surface area contributed by atoms with Gasteiger partial charge in [-0.2, -0.15) is 0 Å². The second kappa shape index (κ2) is 40.5. The number of hydrogen-bond acceptors (Lipinski definition) is 7. The Bertz CT molecular complexity index is 994. The lowest BCUT2D eigenvalue weighted by Gasteiger charge is -2.28. The van der Waals surface area contributed by atoms with Crippen LogP contribution in [0.1, 0.15) is 200 Å². The van der Waals surface area contributed by atoms with Gasteiger partial charge in [-0.05, 0) is 51.4 Å². The molecule has 2 atom stereocenters. The van der Waals surface area contributed by atoms with Crippen molar-refractivity contribution in [3.8, 4) is 0 Å². The van der Waals surface area contributed by atoms with Gasteiger partial charge in [0.25, 0.3) is 7.82 Å². The minimum atomic E-state index is -4.53. The van der Waals surface area contributed by atoms with Gasteiger partial charge >= 0.3 is 5.97 Å². The molecule has 0 N–H and O–H groups in total. The number of likely N-dealkylation sites (N-methyl/N-ethyl adjacent to an activating group) is 1. The number of allylic oxidation sites excluding steroid dienone is 6. The van der Waals surface area contributed by atoms with Gasteiger partial charge < -0.3 is 27.9 Å². The summed E-state index contributed by atoms with van der Waals surface area (Å²) >= 11 is 0. The highest BCUT2D eigenvalue weighted by molar-refractivity contribution is 7.45. The van der Waals surface area contributed by atoms with Gasteiger partial charge in [0, 0.05) is 13.0 Å². The van der Waals surface area contributed by atoms with Crippen LogP contribution in [-0.4, -0.2) is 70.7 Å². The fourth-order valence-corrected chi connectivity index (χ4v) is 7.05. The Morgan fingerprint density at radius 1 is 0.554 bits per heavy atom. The number of rotatable bonds is 43. The second-order valence-corrected chi connectivity index (χ2v) is 18.2. The predicted octanol–water partition coefficient (Wildman–Crippen LogP) is 13.1. The van der Waals surface area contributed by atoms with Gasteiger partial charge in [0.1, 0.15) is 19.3 Å². The van der Waals surface area contributed by atoms with Crippen molar-refractivity contribution in [2.24, 2.45) is 0 Å². The normalized spacial score (nSPS) is 14.0. The summed E-state index contributed by atoms with van der Waals surface area (Å²) in [5, 5.41) is 0. The number of esters is 1. The zero-order valence-corrected chi connectivity index (χ0v) is 38.2. The molecular formula is C47H90NO7P. The summed E-state index contributed by atoms with van der Waals surface area (Å²) < 4.78 is 34.6. The summed E-state index contributed by atoms with van der Waals surface area (Å²) in [6.45, 7) is 5.38. The molecule has 0 aliphatic rings. The van der Waals surface area contributed by atoms with Crippen molar-refractivity contribution in [2.45, 2.75) is 206 Å². The van der Waals surface area contributed by atoms with E-state index in [1.807, 2.05) is 21.1 Å². The molecule has 0 saturated heterocycles. The van der Waals surface area contributed by atoms with Gasteiger partial charge in [0.05, 0.1) is 34.4 Å². The highest BCUT2D eigenvalue weighted by Crippen LogP contribution is 2.38. The zero-order chi connectivity index (χ0) is 41.3. The average molecular weight is 812 g/mol. The zero-order valence-electron chi connectivity index (χ0n) is 37.3. The average Bonchev–Trinajstić information content (AvgIpc) is 3.15. The topological polar surface area (TPSA) is 94.1 Å². The largest absolute Gasteiger partial charge is 0.756 e. The molecule has 0 rings (SSSR count). The first kappa shape index (κ1) is 54.7. The third kappa shape index (κ3) is 43.8. The van der Waals surface area contributed by atoms with E-state index in [0.717, 1.165) is 51.4 Å². The molecule has 9 heteroatoms. The van der Waals surface area contributed by atoms with Crippen LogP contribution in [0.3, 0.4) is 0 Å². The first-order valence-corrected chi connectivity index (χ1v) is 24.7. The van der Waals surface area contributed by atoms with Crippen LogP contribution in [0.2, 0.25) is 0 Å². The summed E-state index contributed by atoms with van der Waals surface area (Å²) in [6.07, 6.45) is 47.2. The monoisotopic (exact) mass is 812 g/mol. The van der Waals surface area contributed by atoms with E-state index in [1.165, 1.54) is 128 Å². The molecule has 2 unspecified atom stereocenters. The molecule has 0 radical (unpaired) electrons. The number of phosphoric acid groups is 1. The molecule has 0 bridgehead atoms. The minimum Gasteiger partial charge on any atom is -0.756 e. The van der Waals surface area contributed by atoms with Gasteiger partial charge in [0.15, 0.2) is 0 Å². The summed E-state index contributed by atoms with van der Waals surface area (Å²) in [5.74, 6) is -0.336. The van der Waals surface area contributed by atoms with Crippen molar-refractivity contribution in [2.75, 3.05) is 54.1 Å². The van der Waals surface area contributed by atoms with Crippen LogP contribution in [0.25, 0.3) is 0 Å². The van der Waals surface area contributed by atoms with E-state index in [4.69, 9.17) is 18.5 Å². The molecule has 56 heavy (non-hydrogen) atoms. The van der Waals surface area contributed by atoms with Gasteiger partial charge in [-0.25, -0.2) is 0 Å². The molecule has 0 aliphatic heterocycles. The van der Waals surface area contributed by atoms with Crippen LogP contribution in [0.15, 0.2) is 36.5 Å². The van der Waals surface area contributed by atoms with Crippen molar-refractivity contribution in [3.05, 3.63) is 36.5 Å². The fourth-order valence-electron chi connectivity index (χ4n) is 6.32. The van der Waals surface area contributed by atoms with Crippen molar-refractivity contribution in [3.63, 3.8) is 0 Å². The maximum Gasteiger partial charge on any atom is 0.306 e. The van der Waals surface area contributed by atoms with Crippen molar-refractivity contribution in [1.29, 1.82) is 0 Å². The molecule has 0 aliphatic carbocycles. The molecule has 0 spiro atoms. The van der Waals surface area contributed by atoms with E-state index < -0.39 is 13.9 Å². The summed E-state index contributed by atoms with van der Waals surface area (Å²) in [4.78, 5) is 25.1. The van der Waals surface area contributed by atoms with E-state index in [0.29, 0.717) is 24.1 Å². The smallest absolute Gasteiger partial charge is 0.306 e. The third-order valence-corrected chi connectivity index (χ3v) is 10.9. The molecule has 330 valence electrons. The molecule has 0 fully saturated rings. The third-order valence-electron chi connectivity index (χ3n) is 9.94. The SMILES string of the molecule is CCCCC/C=C\C/C=C\C/C=C\CCCCCCCCCOCC(COP(=O)([O-])OCC[N+](C)(C)C)OC(=O)CCCCCCCCCCCCCCCC. The van der Waals surface area contributed by atoms with Crippen LogP contribution in [0.4, 0.5) is 0 Å². The molecular weight excluding hydrogens is 721 g/mol. The van der Waals surface area contributed by atoms with Gasteiger partial charge in [-0.1, -0.05) is 179 Å². The molecule has 0 aromatic rings. The van der Waals surface area contributed by atoms with Crippen molar-refractivity contribution >= 4 is 13.8 Å². The Kier molecular flexibility index (Phi) is 39.6. The minimum absolute atomic E-state index is 0.0248. The number of phosphoric ester groups is 1. The quantitative estimate of drug-likeness (QED) is 0.0199. The van der Waals surface area contributed by atoms with Crippen LogP contribution in [-0.2, 0) is 27.9 Å². The lowest BCUT2D eigenvalue weighted by atomic mass is 10.0. The van der Waals surface area contributed by atoms with Crippen molar-refractivity contribution < 1.29 is 37.3 Å². The van der Waals surface area contributed by atoms with E-state index in [-0.39, 0.29) is 25.8 Å². The predicted molar refractivity (Wildman–Crippen MR) is 236 cm³/mol. The fraction of sp³-hybridized carbons (Fsp3) is 0.851. The van der Waals surface area contributed by atoms with E-state index in [1.54, 1.807) is 0 Å². The van der Waals surface area contributed by atoms with E-state index in [9.17, 15) is 14.3 Å². The Labute approximate surface area is 346 Å². The number of carbonyl (C=O) groups excluding carboxylic acids is 1. The molecule has 0 aromatic heterocycles. The summed E-state index contributed by atoms with van der Waals surface area (Å²) in [5.41, 5.74) is 0. The Morgan fingerprint density at radius 2 is 0.982 bits per heavy atom. The van der Waals surface area contributed by atoms with Gasteiger partial charge in [0.2, 0.25) is 0 Å². The van der Waals surface area contributed by atoms with Crippen LogP contribution >= 0.6 is 7.82 Å². The molecule has 0 heterocycles. The first-order valence-electron chi connectivity index (χ1n) is 23.2. The van der Waals surface area contributed by atoms with Gasteiger partial charge in [-0.3, -0.25) is 9.36 Å². The number of quaternary nitrogens is 1. The molecule has 0 saturated carbocycles. The maximum atomic E-state index is 12.7. The van der Waals surface area contributed by atoms with Crippen LogP contribution in [0, 0.1) is 0 Å². The summed E-state index contributed by atoms with van der Waals surface area (Å²) in [6, 6.07) is 0. The first-order chi connectivity index (χ1) is 27.1. The standard InChI is InChI=1S/C47H90NO7P/c1-6-8-10-12-14-16-18-20-22-23-24-25-26-27-29-31-33-35-37-39-42-52-44-46(45-54-56(50,51)53-43-41-48(3,4)5)55-47(49)40-38-36-34-32-30-28-21-19-17-15-13-11-9-7-2/h14,16,20,22,24-25,46H,6-13,15,17-19,21,23,26-45H2,1-5H3/b16-14-,22-20-,25-24-. The lowest BCUT2D eigenvalue weighted by Crippen LogP contribution is -2.37. The lowest BCUT2D eigenvalue weighted by molar-refractivity contribution is -0.870. The second-order valence-electron chi connectivity index (χ2n) is 16.8. The van der Waals surface area contributed by atoms with E-state index >= 15 is 0 Å². The number of carbonyl (C=O) groups is 1. The number of hydrogen-bond donors (Lipinski definition) is 0. The maximum absolute atomic E-state index is 12.7. The summed E-state index contributed by atoms with van der Waals surface area (Å²) in [7, 11) is 1.35. The number of ether oxygens (including phenoxy) is 2.